The molecule has 0 aliphatic carbocycles. The van der Waals surface area contributed by atoms with E-state index in [4.69, 9.17) is 21.1 Å². The molecular weight excluding hydrogens is 408 g/mol. The van der Waals surface area contributed by atoms with Gasteiger partial charge in [-0.05, 0) is 50.1 Å². The van der Waals surface area contributed by atoms with E-state index in [0.29, 0.717) is 35.8 Å². The summed E-state index contributed by atoms with van der Waals surface area (Å²) in [5.41, 5.74) is 1.97. The molecule has 0 bridgehead atoms. The molecule has 2 amide bonds. The van der Waals surface area contributed by atoms with E-state index in [0.717, 1.165) is 5.56 Å². The van der Waals surface area contributed by atoms with E-state index in [1.165, 1.54) is 18.1 Å². The molecule has 1 unspecified atom stereocenters. The number of benzene rings is 2. The van der Waals surface area contributed by atoms with Crippen molar-refractivity contribution in [3.05, 3.63) is 58.6 Å². The Labute approximate surface area is 179 Å². The maximum absolute atomic E-state index is 13.0. The van der Waals surface area contributed by atoms with Crippen LogP contribution in [0.25, 0.3) is 0 Å². The van der Waals surface area contributed by atoms with Crippen LogP contribution in [-0.2, 0) is 14.3 Å². The van der Waals surface area contributed by atoms with Gasteiger partial charge in [-0.1, -0.05) is 29.3 Å². The first-order valence-electron chi connectivity index (χ1n) is 9.56. The van der Waals surface area contributed by atoms with Crippen LogP contribution >= 0.6 is 11.6 Å². The van der Waals surface area contributed by atoms with Crippen LogP contribution in [0.2, 0.25) is 5.02 Å². The molecule has 1 aliphatic rings. The fourth-order valence-corrected chi connectivity index (χ4v) is 3.50. The first kappa shape index (κ1) is 21.6. The van der Waals surface area contributed by atoms with Gasteiger partial charge in [-0.2, -0.15) is 0 Å². The quantitative estimate of drug-likeness (QED) is 0.709. The minimum atomic E-state index is -0.756. The number of carbonyl (C=O) groups excluding carboxylic acids is 3. The predicted molar refractivity (Wildman–Crippen MR) is 113 cm³/mol. The second kappa shape index (κ2) is 9.63. The van der Waals surface area contributed by atoms with E-state index in [-0.39, 0.29) is 11.5 Å². The Morgan fingerprint density at radius 2 is 1.90 bits per heavy atom. The number of ether oxygens (including phenoxy) is 2. The van der Waals surface area contributed by atoms with Crippen molar-refractivity contribution >= 4 is 35.1 Å². The van der Waals surface area contributed by atoms with Crippen LogP contribution in [-0.4, -0.2) is 49.0 Å². The van der Waals surface area contributed by atoms with Crippen molar-refractivity contribution in [3.63, 3.8) is 0 Å². The van der Waals surface area contributed by atoms with E-state index >= 15 is 0 Å². The van der Waals surface area contributed by atoms with Crippen molar-refractivity contribution in [1.29, 1.82) is 0 Å². The summed E-state index contributed by atoms with van der Waals surface area (Å²) in [5.74, 6) is -1.04. The van der Waals surface area contributed by atoms with Crippen LogP contribution in [0.3, 0.4) is 0 Å². The number of nitrogens with zero attached hydrogens (tertiary/aromatic N) is 1. The fourth-order valence-electron chi connectivity index (χ4n) is 3.32. The molecule has 0 saturated carbocycles. The molecular formula is C22H23ClN2O5. The SMILES string of the molecule is COc1ccc(Cl)cc1C(=O)N1CCCC1C(=O)OCC(=O)Nc1ccc(C)cc1. The summed E-state index contributed by atoms with van der Waals surface area (Å²) in [6.07, 6.45) is 1.12. The summed E-state index contributed by atoms with van der Waals surface area (Å²) in [7, 11) is 1.46. The lowest BCUT2D eigenvalue weighted by Crippen LogP contribution is -2.42. The summed E-state index contributed by atoms with van der Waals surface area (Å²) in [4.78, 5) is 39.1. The summed E-state index contributed by atoms with van der Waals surface area (Å²) in [5, 5.41) is 3.06. The van der Waals surface area contributed by atoms with Crippen LogP contribution in [0.5, 0.6) is 5.75 Å². The van der Waals surface area contributed by atoms with Gasteiger partial charge >= 0.3 is 5.97 Å². The number of halogens is 1. The minimum absolute atomic E-state index is 0.279. The molecule has 158 valence electrons. The summed E-state index contributed by atoms with van der Waals surface area (Å²) < 4.78 is 10.4. The largest absolute Gasteiger partial charge is 0.496 e. The monoisotopic (exact) mass is 430 g/mol. The van der Waals surface area contributed by atoms with Crippen LogP contribution < -0.4 is 10.1 Å². The molecule has 8 heteroatoms. The number of methoxy groups -OCH3 is 1. The highest BCUT2D eigenvalue weighted by Gasteiger charge is 2.36. The maximum Gasteiger partial charge on any atom is 0.329 e. The number of amides is 2. The normalized spacial score (nSPS) is 15.6. The summed E-state index contributed by atoms with van der Waals surface area (Å²) >= 11 is 6.02. The van der Waals surface area contributed by atoms with Crippen LogP contribution in [0, 0.1) is 6.92 Å². The number of likely N-dealkylation sites (tertiary alicyclic amines) is 1. The molecule has 1 atom stereocenters. The van der Waals surface area contributed by atoms with Gasteiger partial charge < -0.3 is 19.7 Å². The number of rotatable bonds is 6. The molecule has 3 rings (SSSR count). The Balaban J connectivity index is 1.61. The number of aryl methyl sites for hydroxylation is 1. The van der Waals surface area contributed by atoms with Crippen LogP contribution in [0.15, 0.2) is 42.5 Å². The zero-order valence-electron chi connectivity index (χ0n) is 16.8. The second-order valence-corrected chi connectivity index (χ2v) is 7.46. The topological polar surface area (TPSA) is 84.9 Å². The van der Waals surface area contributed by atoms with Gasteiger partial charge in [0.2, 0.25) is 0 Å². The molecule has 7 nitrogen and oxygen atoms in total. The van der Waals surface area contributed by atoms with Crippen molar-refractivity contribution in [2.75, 3.05) is 25.6 Å². The van der Waals surface area contributed by atoms with Crippen molar-refractivity contribution < 1.29 is 23.9 Å². The zero-order valence-corrected chi connectivity index (χ0v) is 17.6. The Morgan fingerprint density at radius 3 is 2.60 bits per heavy atom. The van der Waals surface area contributed by atoms with E-state index in [2.05, 4.69) is 5.32 Å². The first-order chi connectivity index (χ1) is 14.4. The zero-order chi connectivity index (χ0) is 21.7. The molecule has 0 spiro atoms. The Bertz CT molecular complexity index is 945. The van der Waals surface area contributed by atoms with E-state index in [9.17, 15) is 14.4 Å². The molecule has 1 saturated heterocycles. The number of carbonyl (C=O) groups is 3. The molecule has 0 radical (unpaired) electrons. The lowest BCUT2D eigenvalue weighted by molar-refractivity contribution is -0.151. The minimum Gasteiger partial charge on any atom is -0.496 e. The lowest BCUT2D eigenvalue weighted by Gasteiger charge is -2.24. The van der Waals surface area contributed by atoms with E-state index in [1.807, 2.05) is 19.1 Å². The third-order valence-electron chi connectivity index (χ3n) is 4.86. The molecule has 1 fully saturated rings. The van der Waals surface area contributed by atoms with Crippen molar-refractivity contribution in [1.82, 2.24) is 4.90 Å². The van der Waals surface area contributed by atoms with Gasteiger partial charge in [-0.3, -0.25) is 9.59 Å². The smallest absolute Gasteiger partial charge is 0.329 e. The van der Waals surface area contributed by atoms with E-state index in [1.54, 1.807) is 24.3 Å². The number of esters is 1. The predicted octanol–water partition coefficient (Wildman–Crippen LogP) is 3.44. The highest BCUT2D eigenvalue weighted by Crippen LogP contribution is 2.28. The fraction of sp³-hybridized carbons (Fsp3) is 0.318. The van der Waals surface area contributed by atoms with Crippen LogP contribution in [0.4, 0.5) is 5.69 Å². The standard InChI is InChI=1S/C22H23ClN2O5/c1-14-5-8-16(9-6-14)24-20(26)13-30-22(28)18-4-3-11-25(18)21(27)17-12-15(23)7-10-19(17)29-2/h5-10,12,18H,3-4,11,13H2,1-2H3,(H,24,26). The third kappa shape index (κ3) is 5.10. The number of hydrogen-bond donors (Lipinski definition) is 1. The van der Waals surface area contributed by atoms with Crippen molar-refractivity contribution in [2.24, 2.45) is 0 Å². The highest BCUT2D eigenvalue weighted by molar-refractivity contribution is 6.31. The van der Waals surface area contributed by atoms with Gasteiger partial charge in [-0.15, -0.1) is 0 Å². The third-order valence-corrected chi connectivity index (χ3v) is 5.09. The summed E-state index contributed by atoms with van der Waals surface area (Å²) in [6, 6.07) is 11.3. The van der Waals surface area contributed by atoms with Gasteiger partial charge in [0.1, 0.15) is 11.8 Å². The Morgan fingerprint density at radius 1 is 1.17 bits per heavy atom. The van der Waals surface area contributed by atoms with Gasteiger partial charge in [0.05, 0.1) is 12.7 Å². The van der Waals surface area contributed by atoms with Crippen molar-refractivity contribution in [2.45, 2.75) is 25.8 Å². The van der Waals surface area contributed by atoms with Crippen molar-refractivity contribution in [3.8, 4) is 5.75 Å². The molecule has 0 aromatic heterocycles. The summed E-state index contributed by atoms with van der Waals surface area (Å²) in [6.45, 7) is 1.93. The van der Waals surface area contributed by atoms with Crippen LogP contribution in [0.1, 0.15) is 28.8 Å². The van der Waals surface area contributed by atoms with Gasteiger partial charge in [0, 0.05) is 17.3 Å². The molecule has 1 N–H and O–H groups in total. The second-order valence-electron chi connectivity index (χ2n) is 7.02. The number of nitrogens with one attached hydrogen (secondary N) is 1. The number of anilines is 1. The molecule has 30 heavy (non-hydrogen) atoms. The van der Waals surface area contributed by atoms with E-state index < -0.39 is 24.5 Å². The Kier molecular flexibility index (Phi) is 6.95. The molecule has 2 aromatic rings. The average Bonchev–Trinajstić information content (AvgIpc) is 3.23. The highest BCUT2D eigenvalue weighted by atomic mass is 35.5. The van der Waals surface area contributed by atoms with Gasteiger partial charge in [0.15, 0.2) is 6.61 Å². The molecule has 2 aromatic carbocycles. The first-order valence-corrected chi connectivity index (χ1v) is 9.94. The Hall–Kier alpha value is -3.06. The average molecular weight is 431 g/mol. The molecule has 1 aliphatic heterocycles. The molecule has 1 heterocycles. The van der Waals surface area contributed by atoms with Gasteiger partial charge in [-0.25, -0.2) is 4.79 Å². The maximum atomic E-state index is 13.0. The lowest BCUT2D eigenvalue weighted by atomic mass is 10.1. The van der Waals surface area contributed by atoms with Gasteiger partial charge in [0.25, 0.3) is 11.8 Å². The number of hydrogen-bond acceptors (Lipinski definition) is 5.